The summed E-state index contributed by atoms with van der Waals surface area (Å²) in [6.45, 7) is 3.22. The smallest absolute Gasteiger partial charge is 0.387 e. The van der Waals surface area contributed by atoms with Crippen LogP contribution >= 0.6 is 11.6 Å². The number of hydrogen-bond acceptors (Lipinski definition) is 4. The highest BCUT2D eigenvalue weighted by molar-refractivity contribution is 6.32. The Morgan fingerprint density at radius 1 is 1.50 bits per heavy atom. The van der Waals surface area contributed by atoms with E-state index in [4.69, 9.17) is 22.1 Å². The second-order valence-electron chi connectivity index (χ2n) is 6.32. The predicted octanol–water partition coefficient (Wildman–Crippen LogP) is 3.41. The summed E-state index contributed by atoms with van der Waals surface area (Å²) >= 11 is 5.88. The Morgan fingerprint density at radius 3 is 2.67 bits per heavy atom. The van der Waals surface area contributed by atoms with Crippen molar-refractivity contribution in [1.29, 1.82) is 0 Å². The summed E-state index contributed by atoms with van der Waals surface area (Å²) in [5.41, 5.74) is 5.01. The molecule has 24 heavy (non-hydrogen) atoms. The van der Waals surface area contributed by atoms with E-state index in [2.05, 4.69) is 10.1 Å². The van der Waals surface area contributed by atoms with Gasteiger partial charge in [-0.3, -0.25) is 4.79 Å². The number of rotatable bonds is 6. The zero-order valence-corrected chi connectivity index (χ0v) is 14.5. The van der Waals surface area contributed by atoms with Crippen LogP contribution in [0.1, 0.15) is 27.2 Å². The highest BCUT2D eigenvalue weighted by Crippen LogP contribution is 2.50. The van der Waals surface area contributed by atoms with Crippen molar-refractivity contribution < 1.29 is 23.0 Å². The van der Waals surface area contributed by atoms with Gasteiger partial charge in [0.1, 0.15) is 11.3 Å². The lowest BCUT2D eigenvalue weighted by Gasteiger charge is -2.57. The minimum atomic E-state index is -2.97. The molecule has 2 rings (SSSR count). The monoisotopic (exact) mass is 362 g/mol. The van der Waals surface area contributed by atoms with E-state index >= 15 is 0 Å². The summed E-state index contributed by atoms with van der Waals surface area (Å²) in [6.07, 6.45) is 0.309. The van der Waals surface area contributed by atoms with Gasteiger partial charge in [0.2, 0.25) is 5.91 Å². The molecule has 2 unspecified atom stereocenters. The predicted molar refractivity (Wildman–Crippen MR) is 87.4 cm³/mol. The van der Waals surface area contributed by atoms with Crippen LogP contribution in [0.3, 0.4) is 0 Å². The topological polar surface area (TPSA) is 73.6 Å². The van der Waals surface area contributed by atoms with Gasteiger partial charge < -0.3 is 20.5 Å². The van der Waals surface area contributed by atoms with Gasteiger partial charge in [-0.2, -0.15) is 8.78 Å². The zero-order valence-electron chi connectivity index (χ0n) is 13.7. The first-order valence-corrected chi connectivity index (χ1v) is 7.96. The van der Waals surface area contributed by atoms with Crippen molar-refractivity contribution in [3.63, 3.8) is 0 Å². The molecule has 1 aliphatic rings. The molecule has 0 saturated heterocycles. The number of benzene rings is 1. The molecule has 134 valence electrons. The van der Waals surface area contributed by atoms with Crippen molar-refractivity contribution in [2.75, 3.05) is 11.9 Å². The van der Waals surface area contributed by atoms with Gasteiger partial charge in [0.05, 0.1) is 11.1 Å². The van der Waals surface area contributed by atoms with Crippen LogP contribution in [-0.4, -0.2) is 30.8 Å². The Hall–Kier alpha value is -1.44. The summed E-state index contributed by atoms with van der Waals surface area (Å²) in [5.74, 6) is -0.533. The molecule has 0 radical (unpaired) electrons. The van der Waals surface area contributed by atoms with Crippen LogP contribution in [0.4, 0.5) is 14.5 Å². The average molecular weight is 363 g/mol. The van der Waals surface area contributed by atoms with E-state index in [0.29, 0.717) is 18.7 Å². The molecule has 0 spiro atoms. The largest absolute Gasteiger partial charge is 0.433 e. The molecule has 1 aromatic rings. The Morgan fingerprint density at radius 2 is 2.17 bits per heavy atom. The average Bonchev–Trinajstić information content (AvgIpc) is 2.49. The van der Waals surface area contributed by atoms with Gasteiger partial charge in [0.15, 0.2) is 0 Å². The number of carbonyl (C=O) groups excluding carboxylic acids is 1. The Kier molecular flexibility index (Phi) is 5.37. The quantitative estimate of drug-likeness (QED) is 0.813. The van der Waals surface area contributed by atoms with E-state index in [1.807, 2.05) is 20.8 Å². The van der Waals surface area contributed by atoms with Gasteiger partial charge in [0, 0.05) is 24.1 Å². The Balaban J connectivity index is 2.09. The van der Waals surface area contributed by atoms with Crippen LogP contribution in [0.15, 0.2) is 18.2 Å². The molecule has 2 atom stereocenters. The highest BCUT2D eigenvalue weighted by atomic mass is 35.5. The summed E-state index contributed by atoms with van der Waals surface area (Å²) in [4.78, 5) is 12.6. The SMILES string of the molecule is CCOC1CC(N)(C(=O)Nc2ccc(OC(F)F)c(Cl)c2)C1(C)C. The second kappa shape index (κ2) is 6.82. The van der Waals surface area contributed by atoms with E-state index < -0.39 is 17.6 Å². The van der Waals surface area contributed by atoms with Gasteiger partial charge >= 0.3 is 6.61 Å². The number of nitrogens with one attached hydrogen (secondary N) is 1. The van der Waals surface area contributed by atoms with Crippen LogP contribution in [0.25, 0.3) is 0 Å². The van der Waals surface area contributed by atoms with Crippen molar-refractivity contribution in [3.05, 3.63) is 23.2 Å². The van der Waals surface area contributed by atoms with Crippen molar-refractivity contribution >= 4 is 23.2 Å². The zero-order chi connectivity index (χ0) is 18.1. The number of nitrogens with two attached hydrogens (primary N) is 1. The molecule has 3 N–H and O–H groups in total. The van der Waals surface area contributed by atoms with Gasteiger partial charge in [-0.15, -0.1) is 0 Å². The van der Waals surface area contributed by atoms with Crippen LogP contribution < -0.4 is 15.8 Å². The fraction of sp³-hybridized carbons (Fsp3) is 0.562. The van der Waals surface area contributed by atoms with Crippen LogP contribution in [0, 0.1) is 5.41 Å². The first-order valence-electron chi connectivity index (χ1n) is 7.58. The molecule has 0 aliphatic heterocycles. The van der Waals surface area contributed by atoms with Gasteiger partial charge in [-0.1, -0.05) is 25.4 Å². The molecule has 5 nitrogen and oxygen atoms in total. The van der Waals surface area contributed by atoms with Crippen molar-refractivity contribution in [2.45, 2.75) is 45.4 Å². The maximum atomic E-state index is 12.6. The number of anilines is 1. The lowest BCUT2D eigenvalue weighted by molar-refractivity contribution is -0.166. The molecule has 0 bridgehead atoms. The standard InChI is InChI=1S/C16H21ClF2N2O3/c1-4-23-12-8-16(20,15(12,2)3)13(22)21-9-5-6-11(10(17)7-9)24-14(18)19/h5-7,12,14H,4,8,20H2,1-3H3,(H,21,22). The molecule has 0 aromatic heterocycles. The number of amides is 1. The van der Waals surface area contributed by atoms with Gasteiger partial charge in [-0.05, 0) is 25.1 Å². The summed E-state index contributed by atoms with van der Waals surface area (Å²) in [5, 5.41) is 2.65. The molecule has 8 heteroatoms. The number of halogens is 3. The molecule has 1 aromatic carbocycles. The number of ether oxygens (including phenoxy) is 2. The van der Waals surface area contributed by atoms with Crippen LogP contribution in [0.2, 0.25) is 5.02 Å². The van der Waals surface area contributed by atoms with Crippen molar-refractivity contribution in [2.24, 2.45) is 11.1 Å². The fourth-order valence-electron chi connectivity index (χ4n) is 2.83. The number of hydrogen-bond donors (Lipinski definition) is 2. The van der Waals surface area contributed by atoms with Gasteiger partial charge in [-0.25, -0.2) is 0 Å². The third-order valence-electron chi connectivity index (χ3n) is 4.64. The maximum Gasteiger partial charge on any atom is 0.387 e. The van der Waals surface area contributed by atoms with E-state index in [1.54, 1.807) is 0 Å². The lowest BCUT2D eigenvalue weighted by atomic mass is 9.54. The first-order chi connectivity index (χ1) is 11.1. The van der Waals surface area contributed by atoms with E-state index in [1.165, 1.54) is 18.2 Å². The molecular weight excluding hydrogens is 342 g/mol. The fourth-order valence-corrected chi connectivity index (χ4v) is 3.06. The summed E-state index contributed by atoms with van der Waals surface area (Å²) in [7, 11) is 0. The van der Waals surface area contributed by atoms with Crippen molar-refractivity contribution in [3.8, 4) is 5.75 Å². The molecular formula is C16H21ClF2N2O3. The third-order valence-corrected chi connectivity index (χ3v) is 4.94. The maximum absolute atomic E-state index is 12.6. The summed E-state index contributed by atoms with van der Waals surface area (Å²) < 4.78 is 34.3. The normalized spacial score (nSPS) is 25.2. The second-order valence-corrected chi connectivity index (χ2v) is 6.73. The third kappa shape index (κ3) is 3.34. The van der Waals surface area contributed by atoms with E-state index in [0.717, 1.165) is 0 Å². The van der Waals surface area contributed by atoms with Crippen LogP contribution in [-0.2, 0) is 9.53 Å². The molecule has 1 amide bonds. The van der Waals surface area contributed by atoms with Crippen molar-refractivity contribution in [1.82, 2.24) is 0 Å². The van der Waals surface area contributed by atoms with Crippen LogP contribution in [0.5, 0.6) is 5.75 Å². The minimum absolute atomic E-state index is 0.0285. The van der Waals surface area contributed by atoms with E-state index in [9.17, 15) is 13.6 Å². The minimum Gasteiger partial charge on any atom is -0.433 e. The number of carbonyl (C=O) groups is 1. The molecule has 1 fully saturated rings. The van der Waals surface area contributed by atoms with E-state index in [-0.39, 0.29) is 22.8 Å². The summed E-state index contributed by atoms with van der Waals surface area (Å²) in [6, 6.07) is 4.03. The lowest BCUT2D eigenvalue weighted by Crippen LogP contribution is -2.74. The first kappa shape index (κ1) is 18.9. The molecule has 1 saturated carbocycles. The highest BCUT2D eigenvalue weighted by Gasteiger charge is 2.62. The Labute approximate surface area is 144 Å². The Bertz CT molecular complexity index is 627. The number of alkyl halides is 2. The molecule has 0 heterocycles. The molecule has 1 aliphatic carbocycles. The van der Waals surface area contributed by atoms with Gasteiger partial charge in [0.25, 0.3) is 0 Å².